The molecule has 0 fully saturated rings. The molecule has 2 heteroatoms. The number of carbonyl (C=O) groups excluding carboxylic acids is 1. The summed E-state index contributed by atoms with van der Waals surface area (Å²) in [4.78, 5) is 12.8. The maximum absolute atomic E-state index is 12.8. The van der Waals surface area contributed by atoms with Gasteiger partial charge in [-0.05, 0) is 25.0 Å². The Morgan fingerprint density at radius 2 is 1.33 bits per heavy atom. The first-order chi connectivity index (χ1) is 10.0. The Bertz CT molecular complexity index is 697. The standard InChI is InChI=1S/C19H18O2/c1-19(2)17(20)15(13-9-5-3-6-10-13)16(18(19)21)14-11-7-4-8-12-14/h3-12,17,20H,1-2H3. The van der Waals surface area contributed by atoms with Crippen molar-refractivity contribution in [1.29, 1.82) is 0 Å². The third-order valence-corrected chi connectivity index (χ3v) is 4.19. The van der Waals surface area contributed by atoms with Crippen LogP contribution in [0.3, 0.4) is 0 Å². The third kappa shape index (κ3) is 2.12. The minimum Gasteiger partial charge on any atom is -0.387 e. The molecule has 21 heavy (non-hydrogen) atoms. The number of aliphatic hydroxyl groups is 1. The van der Waals surface area contributed by atoms with E-state index >= 15 is 0 Å². The molecule has 0 saturated heterocycles. The molecule has 0 spiro atoms. The molecule has 0 amide bonds. The second-order valence-electron chi connectivity index (χ2n) is 5.97. The lowest BCUT2D eigenvalue weighted by molar-refractivity contribution is -0.123. The molecule has 0 aromatic heterocycles. The third-order valence-electron chi connectivity index (χ3n) is 4.19. The average Bonchev–Trinajstić information content (AvgIpc) is 2.69. The molecule has 3 rings (SSSR count). The molecule has 1 atom stereocenters. The number of aliphatic hydroxyl groups excluding tert-OH is 1. The van der Waals surface area contributed by atoms with E-state index in [0.29, 0.717) is 5.57 Å². The first-order valence-electron chi connectivity index (χ1n) is 7.11. The fourth-order valence-corrected chi connectivity index (χ4v) is 2.88. The molecule has 0 heterocycles. The molecule has 0 radical (unpaired) electrons. The molecule has 2 aromatic rings. The van der Waals surface area contributed by atoms with Crippen LogP contribution in [0.5, 0.6) is 0 Å². The van der Waals surface area contributed by atoms with Crippen molar-refractivity contribution in [3.63, 3.8) is 0 Å². The van der Waals surface area contributed by atoms with Crippen LogP contribution in [0.1, 0.15) is 25.0 Å². The van der Waals surface area contributed by atoms with Crippen LogP contribution in [0, 0.1) is 5.41 Å². The molecular weight excluding hydrogens is 260 g/mol. The highest BCUT2D eigenvalue weighted by atomic mass is 16.3. The zero-order valence-electron chi connectivity index (χ0n) is 12.2. The summed E-state index contributed by atoms with van der Waals surface area (Å²) < 4.78 is 0. The van der Waals surface area contributed by atoms with Crippen molar-refractivity contribution in [2.75, 3.05) is 0 Å². The van der Waals surface area contributed by atoms with Gasteiger partial charge in [0.05, 0.1) is 11.5 Å². The number of carbonyl (C=O) groups is 1. The van der Waals surface area contributed by atoms with Gasteiger partial charge in [-0.2, -0.15) is 0 Å². The summed E-state index contributed by atoms with van der Waals surface area (Å²) in [6, 6.07) is 19.3. The lowest BCUT2D eigenvalue weighted by Crippen LogP contribution is -2.31. The quantitative estimate of drug-likeness (QED) is 0.912. The van der Waals surface area contributed by atoms with E-state index < -0.39 is 11.5 Å². The number of ketones is 1. The summed E-state index contributed by atoms with van der Waals surface area (Å²) >= 11 is 0. The van der Waals surface area contributed by atoms with Gasteiger partial charge in [-0.25, -0.2) is 0 Å². The Labute approximate surface area is 124 Å². The summed E-state index contributed by atoms with van der Waals surface area (Å²) in [5.41, 5.74) is 2.35. The van der Waals surface area contributed by atoms with Crippen LogP contribution >= 0.6 is 0 Å². The zero-order valence-corrected chi connectivity index (χ0v) is 12.2. The van der Waals surface area contributed by atoms with Crippen molar-refractivity contribution in [1.82, 2.24) is 0 Å². The second-order valence-corrected chi connectivity index (χ2v) is 5.97. The molecule has 0 aliphatic heterocycles. The van der Waals surface area contributed by atoms with Gasteiger partial charge in [-0.3, -0.25) is 4.79 Å². The van der Waals surface area contributed by atoms with E-state index in [2.05, 4.69) is 0 Å². The SMILES string of the molecule is CC1(C)C(=O)C(c2ccccc2)=C(c2ccccc2)C1O. The number of hydrogen-bond acceptors (Lipinski definition) is 2. The highest BCUT2D eigenvalue weighted by molar-refractivity contribution is 6.34. The zero-order chi connectivity index (χ0) is 15.0. The van der Waals surface area contributed by atoms with Gasteiger partial charge in [0.15, 0.2) is 5.78 Å². The largest absolute Gasteiger partial charge is 0.387 e. The van der Waals surface area contributed by atoms with E-state index in [0.717, 1.165) is 16.7 Å². The van der Waals surface area contributed by atoms with Crippen molar-refractivity contribution in [3.05, 3.63) is 71.8 Å². The van der Waals surface area contributed by atoms with Crippen LogP contribution in [-0.2, 0) is 4.79 Å². The Hall–Kier alpha value is -2.19. The van der Waals surface area contributed by atoms with Crippen LogP contribution in [0.2, 0.25) is 0 Å². The van der Waals surface area contributed by atoms with E-state index in [1.54, 1.807) is 13.8 Å². The van der Waals surface area contributed by atoms with Crippen LogP contribution in [0.25, 0.3) is 11.1 Å². The van der Waals surface area contributed by atoms with E-state index in [9.17, 15) is 9.90 Å². The maximum Gasteiger partial charge on any atom is 0.172 e. The second kappa shape index (κ2) is 4.97. The van der Waals surface area contributed by atoms with Gasteiger partial charge in [0.2, 0.25) is 0 Å². The van der Waals surface area contributed by atoms with Crippen molar-refractivity contribution in [3.8, 4) is 0 Å². The van der Waals surface area contributed by atoms with Crippen molar-refractivity contribution in [2.45, 2.75) is 20.0 Å². The highest BCUT2D eigenvalue weighted by Crippen LogP contribution is 2.47. The van der Waals surface area contributed by atoms with E-state index in [-0.39, 0.29) is 5.78 Å². The van der Waals surface area contributed by atoms with Gasteiger partial charge in [0.1, 0.15) is 0 Å². The van der Waals surface area contributed by atoms with Gasteiger partial charge >= 0.3 is 0 Å². The Morgan fingerprint density at radius 1 is 0.857 bits per heavy atom. The van der Waals surface area contributed by atoms with E-state index in [1.165, 1.54) is 0 Å². The number of hydrogen-bond donors (Lipinski definition) is 1. The van der Waals surface area contributed by atoms with Crippen LogP contribution in [-0.4, -0.2) is 17.0 Å². The number of rotatable bonds is 2. The summed E-state index contributed by atoms with van der Waals surface area (Å²) in [6.45, 7) is 3.61. The number of Topliss-reactive ketones (excluding diaryl/α,β-unsaturated/α-hetero) is 1. The minimum atomic E-state index is -0.795. The van der Waals surface area contributed by atoms with Crippen LogP contribution < -0.4 is 0 Å². The Balaban J connectivity index is 2.27. The molecule has 2 nitrogen and oxygen atoms in total. The molecule has 0 bridgehead atoms. The average molecular weight is 278 g/mol. The molecule has 1 aliphatic rings. The fraction of sp³-hybridized carbons (Fsp3) is 0.211. The monoisotopic (exact) mass is 278 g/mol. The van der Waals surface area contributed by atoms with Gasteiger partial charge in [-0.1, -0.05) is 60.7 Å². The van der Waals surface area contributed by atoms with Crippen LogP contribution in [0.15, 0.2) is 60.7 Å². The topological polar surface area (TPSA) is 37.3 Å². The predicted molar refractivity (Wildman–Crippen MR) is 84.5 cm³/mol. The normalized spacial score (nSPS) is 20.9. The summed E-state index contributed by atoms with van der Waals surface area (Å²) in [7, 11) is 0. The number of allylic oxidation sites excluding steroid dienone is 1. The summed E-state index contributed by atoms with van der Waals surface area (Å²) in [5, 5.41) is 10.7. The minimum absolute atomic E-state index is 0.0000491. The van der Waals surface area contributed by atoms with Crippen molar-refractivity contribution >= 4 is 16.9 Å². The number of benzene rings is 2. The van der Waals surface area contributed by atoms with Gasteiger partial charge in [-0.15, -0.1) is 0 Å². The Kier molecular flexibility index (Phi) is 3.26. The van der Waals surface area contributed by atoms with Gasteiger partial charge in [0, 0.05) is 11.1 Å². The molecule has 106 valence electrons. The molecule has 1 N–H and O–H groups in total. The lowest BCUT2D eigenvalue weighted by Gasteiger charge is -2.22. The highest BCUT2D eigenvalue weighted by Gasteiger charge is 2.47. The van der Waals surface area contributed by atoms with E-state index in [4.69, 9.17) is 0 Å². The summed E-state index contributed by atoms with van der Waals surface area (Å²) in [6.07, 6.45) is -0.789. The lowest BCUT2D eigenvalue weighted by atomic mass is 9.84. The summed E-state index contributed by atoms with van der Waals surface area (Å²) in [5.74, 6) is 0.0000491. The van der Waals surface area contributed by atoms with Gasteiger partial charge in [0.25, 0.3) is 0 Å². The van der Waals surface area contributed by atoms with E-state index in [1.807, 2.05) is 60.7 Å². The van der Waals surface area contributed by atoms with Crippen LogP contribution in [0.4, 0.5) is 0 Å². The van der Waals surface area contributed by atoms with Crippen molar-refractivity contribution in [2.24, 2.45) is 5.41 Å². The molecule has 1 unspecified atom stereocenters. The molecule has 2 aromatic carbocycles. The van der Waals surface area contributed by atoms with Gasteiger partial charge < -0.3 is 5.11 Å². The Morgan fingerprint density at radius 3 is 1.86 bits per heavy atom. The first-order valence-corrected chi connectivity index (χ1v) is 7.11. The maximum atomic E-state index is 12.8. The predicted octanol–water partition coefficient (Wildman–Crippen LogP) is 3.57. The molecule has 1 aliphatic carbocycles. The smallest absolute Gasteiger partial charge is 0.172 e. The van der Waals surface area contributed by atoms with Crippen molar-refractivity contribution < 1.29 is 9.90 Å². The first kappa shape index (κ1) is 13.8. The fourth-order valence-electron chi connectivity index (χ4n) is 2.88. The molecular formula is C19H18O2. The molecule has 0 saturated carbocycles.